The van der Waals surface area contributed by atoms with E-state index >= 15 is 0 Å². The molecule has 2 aromatic rings. The quantitative estimate of drug-likeness (QED) is 0.831. The number of ether oxygens (including phenoxy) is 1. The Bertz CT molecular complexity index is 712. The summed E-state index contributed by atoms with van der Waals surface area (Å²) in [5.41, 5.74) is 3.57. The third kappa shape index (κ3) is 5.31. The van der Waals surface area contributed by atoms with E-state index in [0.29, 0.717) is 13.0 Å². The summed E-state index contributed by atoms with van der Waals surface area (Å²) in [7, 11) is 0. The maximum absolute atomic E-state index is 12.8. The van der Waals surface area contributed by atoms with Crippen LogP contribution in [0.5, 0.6) is 5.75 Å². The molecule has 2 aromatic carbocycles. The van der Waals surface area contributed by atoms with Crippen LogP contribution in [0, 0.1) is 5.82 Å². The Morgan fingerprint density at radius 2 is 1.88 bits per heavy atom. The first-order valence-corrected chi connectivity index (χ1v) is 8.96. The van der Waals surface area contributed by atoms with Gasteiger partial charge in [0.05, 0.1) is 6.61 Å². The van der Waals surface area contributed by atoms with E-state index in [-0.39, 0.29) is 11.7 Å². The molecule has 1 aliphatic rings. The van der Waals surface area contributed by atoms with Crippen molar-refractivity contribution in [2.75, 3.05) is 13.2 Å². The Hall–Kier alpha value is -2.36. The summed E-state index contributed by atoms with van der Waals surface area (Å²) in [6, 6.07) is 12.8. The zero-order chi connectivity index (χ0) is 17.5. The van der Waals surface area contributed by atoms with Crippen LogP contribution >= 0.6 is 0 Å². The fourth-order valence-electron chi connectivity index (χ4n) is 3.11. The van der Waals surface area contributed by atoms with Crippen LogP contribution < -0.4 is 10.1 Å². The molecule has 0 unspecified atom stereocenters. The average molecular weight is 341 g/mol. The predicted molar refractivity (Wildman–Crippen MR) is 96.3 cm³/mol. The van der Waals surface area contributed by atoms with Gasteiger partial charge in [-0.3, -0.25) is 4.79 Å². The van der Waals surface area contributed by atoms with E-state index in [2.05, 4.69) is 17.4 Å². The minimum Gasteiger partial charge on any atom is -0.493 e. The molecule has 1 amide bonds. The zero-order valence-corrected chi connectivity index (χ0v) is 14.4. The van der Waals surface area contributed by atoms with Crippen LogP contribution in [0.1, 0.15) is 36.0 Å². The second-order valence-electron chi connectivity index (χ2n) is 6.47. The molecule has 0 radical (unpaired) electrons. The van der Waals surface area contributed by atoms with Gasteiger partial charge in [-0.15, -0.1) is 0 Å². The van der Waals surface area contributed by atoms with Gasteiger partial charge in [0.25, 0.3) is 0 Å². The number of amides is 1. The highest BCUT2D eigenvalue weighted by atomic mass is 19.1. The van der Waals surface area contributed by atoms with Gasteiger partial charge in [-0.25, -0.2) is 4.39 Å². The number of nitrogens with one attached hydrogen (secondary N) is 1. The van der Waals surface area contributed by atoms with Gasteiger partial charge in [0.1, 0.15) is 11.6 Å². The molecule has 0 bridgehead atoms. The van der Waals surface area contributed by atoms with Crippen molar-refractivity contribution >= 4 is 5.91 Å². The smallest absolute Gasteiger partial charge is 0.220 e. The third-order valence-corrected chi connectivity index (χ3v) is 4.49. The topological polar surface area (TPSA) is 38.3 Å². The molecule has 132 valence electrons. The molecule has 0 atom stereocenters. The van der Waals surface area contributed by atoms with Crippen LogP contribution in [0.15, 0.2) is 42.5 Å². The number of hydrogen-bond donors (Lipinski definition) is 1. The third-order valence-electron chi connectivity index (χ3n) is 4.49. The molecular weight excluding hydrogens is 317 g/mol. The van der Waals surface area contributed by atoms with Gasteiger partial charge in [0.15, 0.2) is 0 Å². The second kappa shape index (κ2) is 8.65. The molecule has 0 saturated heterocycles. The lowest BCUT2D eigenvalue weighted by Crippen LogP contribution is -2.25. The van der Waals surface area contributed by atoms with E-state index in [4.69, 9.17) is 4.74 Å². The SMILES string of the molecule is O=C(CCCc1ccc(F)cc1)NCCc1ccc2c(c1)CCCO2. The molecule has 1 heterocycles. The van der Waals surface area contributed by atoms with Crippen LogP contribution in [0.2, 0.25) is 0 Å². The molecule has 0 aromatic heterocycles. The molecule has 0 fully saturated rings. The molecule has 1 aliphatic heterocycles. The van der Waals surface area contributed by atoms with Gasteiger partial charge < -0.3 is 10.1 Å². The van der Waals surface area contributed by atoms with E-state index in [9.17, 15) is 9.18 Å². The summed E-state index contributed by atoms with van der Waals surface area (Å²) in [6.45, 7) is 1.45. The van der Waals surface area contributed by atoms with E-state index in [1.807, 2.05) is 6.07 Å². The minimum absolute atomic E-state index is 0.0726. The lowest BCUT2D eigenvalue weighted by atomic mass is 10.0. The van der Waals surface area contributed by atoms with Crippen LogP contribution in [-0.4, -0.2) is 19.1 Å². The summed E-state index contributed by atoms with van der Waals surface area (Å²) in [5, 5.41) is 2.98. The van der Waals surface area contributed by atoms with Crippen molar-refractivity contribution < 1.29 is 13.9 Å². The molecule has 3 nitrogen and oxygen atoms in total. The van der Waals surface area contributed by atoms with Gasteiger partial charge in [-0.2, -0.15) is 0 Å². The molecule has 4 heteroatoms. The normalized spacial score (nSPS) is 13.0. The van der Waals surface area contributed by atoms with Gasteiger partial charge in [-0.1, -0.05) is 24.3 Å². The lowest BCUT2D eigenvalue weighted by Gasteiger charge is -2.17. The maximum atomic E-state index is 12.8. The first-order valence-electron chi connectivity index (χ1n) is 8.96. The van der Waals surface area contributed by atoms with Gasteiger partial charge in [-0.05, 0) is 67.0 Å². The van der Waals surface area contributed by atoms with Crippen molar-refractivity contribution in [1.82, 2.24) is 5.32 Å². The Morgan fingerprint density at radius 3 is 2.72 bits per heavy atom. The summed E-state index contributed by atoms with van der Waals surface area (Å²) < 4.78 is 18.5. The van der Waals surface area contributed by atoms with Crippen molar-refractivity contribution in [1.29, 1.82) is 0 Å². The number of fused-ring (bicyclic) bond motifs is 1. The number of hydrogen-bond acceptors (Lipinski definition) is 2. The Balaban J connectivity index is 1.35. The Kier molecular flexibility index (Phi) is 6.04. The van der Waals surface area contributed by atoms with Crippen LogP contribution in [0.3, 0.4) is 0 Å². The molecule has 0 aliphatic carbocycles. The van der Waals surface area contributed by atoms with E-state index in [1.54, 1.807) is 12.1 Å². The van der Waals surface area contributed by atoms with E-state index in [1.165, 1.54) is 23.3 Å². The number of aryl methyl sites for hydroxylation is 2. The van der Waals surface area contributed by atoms with Crippen LogP contribution in [0.4, 0.5) is 4.39 Å². The van der Waals surface area contributed by atoms with Gasteiger partial charge in [0, 0.05) is 13.0 Å². The molecule has 0 spiro atoms. The number of halogens is 1. The Labute approximate surface area is 148 Å². The summed E-state index contributed by atoms with van der Waals surface area (Å²) >= 11 is 0. The summed E-state index contributed by atoms with van der Waals surface area (Å²) in [6.07, 6.45) is 5.03. The fourth-order valence-corrected chi connectivity index (χ4v) is 3.11. The minimum atomic E-state index is -0.227. The molecule has 1 N–H and O–H groups in total. The highest BCUT2D eigenvalue weighted by Crippen LogP contribution is 2.25. The first kappa shape index (κ1) is 17.5. The summed E-state index contributed by atoms with van der Waals surface area (Å²) in [4.78, 5) is 11.9. The number of rotatable bonds is 7. The standard InChI is InChI=1S/C21H24FNO2/c22-19-9-6-16(7-10-19)3-1-5-21(24)23-13-12-17-8-11-20-18(15-17)4-2-14-25-20/h6-11,15H,1-5,12-14H2,(H,23,24). The predicted octanol–water partition coefficient (Wildman–Crippen LogP) is 3.83. The van der Waals surface area contributed by atoms with Gasteiger partial charge >= 0.3 is 0 Å². The number of benzene rings is 2. The monoisotopic (exact) mass is 341 g/mol. The van der Waals surface area contributed by atoms with Crippen molar-refractivity contribution in [3.05, 3.63) is 65.0 Å². The Morgan fingerprint density at radius 1 is 1.08 bits per heavy atom. The zero-order valence-electron chi connectivity index (χ0n) is 14.4. The van der Waals surface area contributed by atoms with Crippen molar-refractivity contribution in [2.45, 2.75) is 38.5 Å². The molecule has 3 rings (SSSR count). The molecule has 0 saturated carbocycles. The van der Waals surface area contributed by atoms with E-state index < -0.39 is 0 Å². The second-order valence-corrected chi connectivity index (χ2v) is 6.47. The number of carbonyl (C=O) groups is 1. The van der Waals surface area contributed by atoms with Crippen LogP contribution in [0.25, 0.3) is 0 Å². The van der Waals surface area contributed by atoms with Crippen molar-refractivity contribution in [3.63, 3.8) is 0 Å². The first-order chi connectivity index (χ1) is 12.2. The van der Waals surface area contributed by atoms with Crippen molar-refractivity contribution in [3.8, 4) is 5.75 Å². The highest BCUT2D eigenvalue weighted by Gasteiger charge is 2.10. The maximum Gasteiger partial charge on any atom is 0.220 e. The molecular formula is C21H24FNO2. The fraction of sp³-hybridized carbons (Fsp3) is 0.381. The average Bonchev–Trinajstić information content (AvgIpc) is 2.63. The molecule has 25 heavy (non-hydrogen) atoms. The van der Waals surface area contributed by atoms with E-state index in [0.717, 1.165) is 50.0 Å². The van der Waals surface area contributed by atoms with Gasteiger partial charge in [0.2, 0.25) is 5.91 Å². The summed E-state index contributed by atoms with van der Waals surface area (Å²) in [5.74, 6) is 0.846. The van der Waals surface area contributed by atoms with Crippen LogP contribution in [-0.2, 0) is 24.1 Å². The largest absolute Gasteiger partial charge is 0.493 e. The number of carbonyl (C=O) groups excluding carboxylic acids is 1. The van der Waals surface area contributed by atoms with Crippen molar-refractivity contribution in [2.24, 2.45) is 0 Å². The lowest BCUT2D eigenvalue weighted by molar-refractivity contribution is -0.121. The highest BCUT2D eigenvalue weighted by molar-refractivity contribution is 5.75.